The molecule has 0 rings (SSSR count). The molecule has 0 aliphatic carbocycles. The van der Waals surface area contributed by atoms with Crippen LogP contribution in [0.3, 0.4) is 0 Å². The summed E-state index contributed by atoms with van der Waals surface area (Å²) in [6.45, 7) is 28.0. The van der Waals surface area contributed by atoms with Crippen LogP contribution in [0.4, 0.5) is 0 Å². The van der Waals surface area contributed by atoms with Gasteiger partial charge in [0.25, 0.3) is 0 Å². The van der Waals surface area contributed by atoms with Crippen LogP contribution in [0.15, 0.2) is 0 Å². The summed E-state index contributed by atoms with van der Waals surface area (Å²) < 4.78 is 17.7. The normalized spacial score (nSPS) is 12.8. The summed E-state index contributed by atoms with van der Waals surface area (Å²) in [5.74, 6) is 0. The summed E-state index contributed by atoms with van der Waals surface area (Å²) in [5, 5.41) is 20.2. The molecule has 5 nitrogen and oxygen atoms in total. The zero-order valence-electron chi connectivity index (χ0n) is 20.8. The molecule has 160 valence electrons. The van der Waals surface area contributed by atoms with Gasteiger partial charge in [0.05, 0.1) is 0 Å². The molecule has 7 heteroatoms. The van der Waals surface area contributed by atoms with Gasteiger partial charge in [-0.15, -0.1) is 11.2 Å². The van der Waals surface area contributed by atoms with Crippen LogP contribution in [-0.2, 0) is 11.4 Å². The van der Waals surface area contributed by atoms with Crippen molar-refractivity contribution in [3.63, 3.8) is 0 Å². The van der Waals surface area contributed by atoms with Crippen molar-refractivity contribution in [2.75, 3.05) is 0 Å². The molecule has 0 spiro atoms. The molecular weight excluding hydrogens is 372 g/mol. The van der Waals surface area contributed by atoms with E-state index in [-0.39, 0.29) is 39.9 Å². The molecule has 0 aliphatic heterocycles. The quantitative estimate of drug-likeness (QED) is 0.660. The van der Waals surface area contributed by atoms with Gasteiger partial charge in [-0.1, -0.05) is 41.5 Å². The van der Waals surface area contributed by atoms with Crippen molar-refractivity contribution in [1.82, 2.24) is 0 Å². The molecule has 0 unspecified atom stereocenters. The Morgan fingerprint density at radius 2 is 0.556 bits per heavy atom. The van der Waals surface area contributed by atoms with E-state index in [2.05, 4.69) is 0 Å². The van der Waals surface area contributed by atoms with Crippen LogP contribution in [0.1, 0.15) is 104 Å². The molecule has 27 heavy (non-hydrogen) atoms. The van der Waals surface area contributed by atoms with E-state index in [0.29, 0.717) is 0 Å². The summed E-state index contributed by atoms with van der Waals surface area (Å²) in [4.78, 5) is 0. The maximum Gasteiger partial charge on any atom is 2.00 e. The second-order valence-corrected chi connectivity index (χ2v) is 12.5. The largest absolute Gasteiger partial charge is 2.00 e. The second-order valence-electron chi connectivity index (χ2n) is 11.2. The molecule has 0 N–H and O–H groups in total. The van der Waals surface area contributed by atoms with Gasteiger partial charge in [-0.25, -0.2) is 0 Å². The van der Waals surface area contributed by atoms with Crippen molar-refractivity contribution in [3.05, 3.63) is 0 Å². The molecule has 0 aliphatic rings. The van der Waals surface area contributed by atoms with Gasteiger partial charge < -0.3 is 21.6 Å². The molecule has 0 radical (unpaired) electrons. The summed E-state index contributed by atoms with van der Waals surface area (Å²) in [5.41, 5.74) is -2.19. The molecule has 0 bridgehead atoms. The first-order valence-corrected chi connectivity index (χ1v) is 10.6. The minimum absolute atomic E-state index is 0. The van der Waals surface area contributed by atoms with E-state index >= 15 is 0 Å². The molecule has 0 fully saturated rings. The van der Waals surface area contributed by atoms with Crippen molar-refractivity contribution in [3.8, 4) is 0 Å². The third-order valence-electron chi connectivity index (χ3n) is 1.35. The Labute approximate surface area is 191 Å². The minimum Gasteiger partial charge on any atom is -0.850 e. The van der Waals surface area contributed by atoms with Crippen LogP contribution in [-0.4, -0.2) is 66.2 Å². The maximum absolute atomic E-state index is 10.1. The molecule has 0 aromatic heterocycles. The van der Waals surface area contributed by atoms with Crippen LogP contribution < -0.4 is 10.2 Å². The predicted octanol–water partition coefficient (Wildman–Crippen LogP) is 3.33. The predicted molar refractivity (Wildman–Crippen MR) is 114 cm³/mol. The standard InChI is InChI=1S/5C4H9O.Al.Mg/c5*1-4(2,3)5;;/h5*1-3H3;;/q5*-1;+3;+2. The van der Waals surface area contributed by atoms with E-state index in [4.69, 9.17) is 11.4 Å². The first kappa shape index (κ1) is 35.5. The third-order valence-corrected chi connectivity index (χ3v) is 4.05. The number of rotatable bonds is 3. The summed E-state index contributed by atoms with van der Waals surface area (Å²) >= 11 is -2.11. The van der Waals surface area contributed by atoms with Gasteiger partial charge in [0.1, 0.15) is 0 Å². The molecule has 0 saturated carbocycles. The van der Waals surface area contributed by atoms with Crippen LogP contribution in [0.5, 0.6) is 0 Å². The van der Waals surface area contributed by atoms with Gasteiger partial charge in [-0.05, 0) is 62.3 Å². The Morgan fingerprint density at radius 1 is 0.444 bits per heavy atom. The zero-order valence-corrected chi connectivity index (χ0v) is 23.4. The van der Waals surface area contributed by atoms with E-state index < -0.39 is 26.4 Å². The van der Waals surface area contributed by atoms with Crippen LogP contribution in [0, 0.1) is 0 Å². The molecule has 0 heterocycles. The van der Waals surface area contributed by atoms with Crippen molar-refractivity contribution in [2.45, 2.75) is 132 Å². The van der Waals surface area contributed by atoms with Crippen LogP contribution in [0.2, 0.25) is 0 Å². The van der Waals surface area contributed by atoms with Crippen molar-refractivity contribution in [2.24, 2.45) is 0 Å². The Morgan fingerprint density at radius 3 is 0.630 bits per heavy atom. The van der Waals surface area contributed by atoms with Gasteiger partial charge >= 0.3 is 38.2 Å². The van der Waals surface area contributed by atoms with E-state index in [1.54, 1.807) is 41.5 Å². The van der Waals surface area contributed by atoms with E-state index in [0.717, 1.165) is 0 Å². The molecule has 0 aromatic rings. The Hall–Kier alpha value is 1.10. The molecule has 0 aromatic carbocycles. The topological polar surface area (TPSA) is 73.8 Å². The van der Waals surface area contributed by atoms with Crippen molar-refractivity contribution in [1.29, 1.82) is 0 Å². The molecule has 0 atom stereocenters. The fourth-order valence-electron chi connectivity index (χ4n) is 0.938. The fraction of sp³-hybridized carbons (Fsp3) is 1.00. The number of hydrogen-bond acceptors (Lipinski definition) is 5. The Balaban J connectivity index is -0.000000199. The average molecular weight is 417 g/mol. The third kappa shape index (κ3) is 65.9. The molecular formula is C20H45AlMgO5. The van der Waals surface area contributed by atoms with Gasteiger partial charge in [0.2, 0.25) is 0 Å². The maximum atomic E-state index is 10.1. The van der Waals surface area contributed by atoms with Gasteiger partial charge in [0.15, 0.2) is 0 Å². The number of hydrogen-bond donors (Lipinski definition) is 0. The smallest absolute Gasteiger partial charge is 0.850 e. The second kappa shape index (κ2) is 13.4. The monoisotopic (exact) mass is 416 g/mol. The van der Waals surface area contributed by atoms with Gasteiger partial charge in [0, 0.05) is 16.8 Å². The van der Waals surface area contributed by atoms with Gasteiger partial charge in [-0.2, -0.15) is 0 Å². The van der Waals surface area contributed by atoms with Crippen molar-refractivity contribution < 1.29 is 21.6 Å². The van der Waals surface area contributed by atoms with Crippen LogP contribution in [0.25, 0.3) is 0 Å². The van der Waals surface area contributed by atoms with Crippen LogP contribution >= 0.6 is 0 Å². The first-order chi connectivity index (χ1) is 10.8. The minimum atomic E-state index is -2.11. The Kier molecular flexibility index (Phi) is 17.6. The summed E-state index contributed by atoms with van der Waals surface area (Å²) in [6.07, 6.45) is 0. The zero-order chi connectivity index (χ0) is 22.2. The molecule has 0 amide bonds. The van der Waals surface area contributed by atoms with E-state index in [9.17, 15) is 10.2 Å². The molecule has 0 saturated heterocycles. The Bertz CT molecular complexity index is 293. The fourth-order valence-corrected chi connectivity index (χ4v) is 2.81. The van der Waals surface area contributed by atoms with E-state index in [1.807, 2.05) is 62.3 Å². The summed E-state index contributed by atoms with van der Waals surface area (Å²) in [6, 6.07) is 0. The first-order valence-electron chi connectivity index (χ1n) is 9.23. The summed E-state index contributed by atoms with van der Waals surface area (Å²) in [7, 11) is 0. The van der Waals surface area contributed by atoms with Gasteiger partial charge in [-0.3, -0.25) is 0 Å². The average Bonchev–Trinajstić information content (AvgIpc) is 1.99. The van der Waals surface area contributed by atoms with Crippen molar-refractivity contribution >= 4 is 38.2 Å². The van der Waals surface area contributed by atoms with E-state index in [1.165, 1.54) is 0 Å². The SMILES string of the molecule is CC(C)(C)[O-].CC(C)(C)[O-].CC(C)(C)[O][Al]([O]C(C)(C)C)[O]C(C)(C)C.[Mg+2].